The zero-order valence-electron chi connectivity index (χ0n) is 14.2. The second kappa shape index (κ2) is 6.35. The minimum atomic E-state index is -0.479. The SMILES string of the molecule is CCOC1CC(Nc2ccc3ncc([N+](=O)[O-])n3n2)C1(CC)CC. The van der Waals surface area contributed by atoms with Crippen LogP contribution in [0.5, 0.6) is 0 Å². The predicted molar refractivity (Wildman–Crippen MR) is 90.1 cm³/mol. The first-order valence-corrected chi connectivity index (χ1v) is 8.43. The maximum Gasteiger partial charge on any atom is 0.368 e. The zero-order chi connectivity index (χ0) is 17.3. The molecule has 1 N–H and O–H groups in total. The van der Waals surface area contributed by atoms with Crippen molar-refractivity contribution in [2.75, 3.05) is 11.9 Å². The van der Waals surface area contributed by atoms with Gasteiger partial charge in [-0.1, -0.05) is 23.5 Å². The third kappa shape index (κ3) is 2.50. The highest BCUT2D eigenvalue weighted by molar-refractivity contribution is 5.49. The molecule has 0 radical (unpaired) electrons. The molecule has 24 heavy (non-hydrogen) atoms. The van der Waals surface area contributed by atoms with Crippen molar-refractivity contribution in [2.24, 2.45) is 5.41 Å². The Morgan fingerprint density at radius 3 is 2.79 bits per heavy atom. The minimum Gasteiger partial charge on any atom is -0.378 e. The van der Waals surface area contributed by atoms with Gasteiger partial charge >= 0.3 is 5.82 Å². The van der Waals surface area contributed by atoms with Crippen LogP contribution in [0.4, 0.5) is 11.6 Å². The predicted octanol–water partition coefficient (Wildman–Crippen LogP) is 3.03. The highest BCUT2D eigenvalue weighted by Gasteiger charge is 2.53. The van der Waals surface area contributed by atoms with E-state index in [1.54, 1.807) is 6.07 Å². The van der Waals surface area contributed by atoms with Gasteiger partial charge in [-0.05, 0) is 37.2 Å². The van der Waals surface area contributed by atoms with E-state index in [2.05, 4.69) is 29.2 Å². The van der Waals surface area contributed by atoms with E-state index in [4.69, 9.17) is 4.74 Å². The van der Waals surface area contributed by atoms with Crippen LogP contribution in [-0.4, -0.2) is 38.3 Å². The summed E-state index contributed by atoms with van der Waals surface area (Å²) in [5.74, 6) is 0.488. The van der Waals surface area contributed by atoms with Crippen molar-refractivity contribution >= 4 is 17.3 Å². The Morgan fingerprint density at radius 1 is 1.42 bits per heavy atom. The number of anilines is 1. The molecule has 0 aliphatic heterocycles. The quantitative estimate of drug-likeness (QED) is 0.618. The number of hydrogen-bond acceptors (Lipinski definition) is 6. The first kappa shape index (κ1) is 16.6. The van der Waals surface area contributed by atoms with Crippen LogP contribution in [0, 0.1) is 15.5 Å². The summed E-state index contributed by atoms with van der Waals surface area (Å²) in [6, 6.07) is 3.80. The molecule has 130 valence electrons. The van der Waals surface area contributed by atoms with Gasteiger partial charge < -0.3 is 20.2 Å². The smallest absolute Gasteiger partial charge is 0.368 e. The average molecular weight is 333 g/mol. The van der Waals surface area contributed by atoms with E-state index >= 15 is 0 Å². The van der Waals surface area contributed by atoms with E-state index < -0.39 is 4.92 Å². The monoisotopic (exact) mass is 333 g/mol. The second-order valence-corrected chi connectivity index (χ2v) is 6.18. The molecule has 2 aromatic rings. The number of hydrogen-bond donors (Lipinski definition) is 1. The molecule has 1 fully saturated rings. The lowest BCUT2D eigenvalue weighted by atomic mass is 9.58. The molecule has 8 nitrogen and oxygen atoms in total. The van der Waals surface area contributed by atoms with Crippen LogP contribution in [0.1, 0.15) is 40.0 Å². The number of ether oxygens (including phenoxy) is 1. The van der Waals surface area contributed by atoms with E-state index in [0.717, 1.165) is 19.3 Å². The van der Waals surface area contributed by atoms with Gasteiger partial charge in [-0.3, -0.25) is 0 Å². The molecule has 0 saturated heterocycles. The first-order valence-electron chi connectivity index (χ1n) is 8.43. The van der Waals surface area contributed by atoms with Gasteiger partial charge in [-0.2, -0.15) is 0 Å². The highest BCUT2D eigenvalue weighted by Crippen LogP contribution is 2.50. The van der Waals surface area contributed by atoms with E-state index in [1.165, 1.54) is 10.7 Å². The summed E-state index contributed by atoms with van der Waals surface area (Å²) in [7, 11) is 0. The molecule has 0 bridgehead atoms. The summed E-state index contributed by atoms with van der Waals surface area (Å²) in [5.41, 5.74) is 0.540. The number of aromatic nitrogens is 3. The second-order valence-electron chi connectivity index (χ2n) is 6.18. The minimum absolute atomic E-state index is 0.0769. The maximum atomic E-state index is 11.1. The average Bonchev–Trinajstić information content (AvgIpc) is 2.98. The van der Waals surface area contributed by atoms with Gasteiger partial charge in [-0.15, -0.1) is 0 Å². The van der Waals surface area contributed by atoms with Crippen molar-refractivity contribution < 1.29 is 9.66 Å². The molecule has 3 rings (SSSR count). The lowest BCUT2D eigenvalue weighted by Crippen LogP contribution is -2.61. The van der Waals surface area contributed by atoms with Gasteiger partial charge in [0.2, 0.25) is 5.65 Å². The summed E-state index contributed by atoms with van der Waals surface area (Å²) in [4.78, 5) is 14.6. The largest absolute Gasteiger partial charge is 0.378 e. The fraction of sp³-hybridized carbons (Fsp3) is 0.625. The third-order valence-corrected chi connectivity index (χ3v) is 5.32. The Morgan fingerprint density at radius 2 is 2.17 bits per heavy atom. The lowest BCUT2D eigenvalue weighted by molar-refractivity contribution is -0.391. The molecule has 1 aliphatic carbocycles. The number of nitrogens with zero attached hydrogens (tertiary/aromatic N) is 4. The Balaban J connectivity index is 1.84. The normalized spacial score (nSPS) is 22.3. The van der Waals surface area contributed by atoms with Gasteiger partial charge in [0, 0.05) is 24.1 Å². The fourth-order valence-corrected chi connectivity index (χ4v) is 3.82. The van der Waals surface area contributed by atoms with Crippen molar-refractivity contribution in [3.05, 3.63) is 28.4 Å². The molecule has 0 amide bonds. The van der Waals surface area contributed by atoms with Crippen molar-refractivity contribution in [1.29, 1.82) is 0 Å². The Hall–Kier alpha value is -2.22. The van der Waals surface area contributed by atoms with Gasteiger partial charge in [0.25, 0.3) is 0 Å². The van der Waals surface area contributed by atoms with E-state index in [0.29, 0.717) is 18.1 Å². The lowest BCUT2D eigenvalue weighted by Gasteiger charge is -2.55. The molecular weight excluding hydrogens is 310 g/mol. The molecular formula is C16H23N5O3. The first-order chi connectivity index (χ1) is 11.6. The van der Waals surface area contributed by atoms with Crippen molar-refractivity contribution in [2.45, 2.75) is 52.2 Å². The van der Waals surface area contributed by atoms with Crippen LogP contribution < -0.4 is 5.32 Å². The molecule has 1 aliphatic rings. The Labute approximate surface area is 140 Å². The molecule has 0 aromatic carbocycles. The van der Waals surface area contributed by atoms with Crippen LogP contribution in [-0.2, 0) is 4.74 Å². The molecule has 0 spiro atoms. The Kier molecular flexibility index (Phi) is 4.40. The van der Waals surface area contributed by atoms with Gasteiger partial charge in [0.15, 0.2) is 5.82 Å². The van der Waals surface area contributed by atoms with Gasteiger partial charge in [0.05, 0.1) is 6.10 Å². The summed E-state index contributed by atoms with van der Waals surface area (Å²) in [6.45, 7) is 7.09. The summed E-state index contributed by atoms with van der Waals surface area (Å²) < 4.78 is 7.15. The number of fused-ring (bicyclic) bond motifs is 1. The van der Waals surface area contributed by atoms with Crippen LogP contribution in [0.3, 0.4) is 0 Å². The van der Waals surface area contributed by atoms with Crippen molar-refractivity contribution in [1.82, 2.24) is 14.6 Å². The van der Waals surface area contributed by atoms with Gasteiger partial charge in [-0.25, -0.2) is 4.98 Å². The fourth-order valence-electron chi connectivity index (χ4n) is 3.82. The molecule has 1 saturated carbocycles. The van der Waals surface area contributed by atoms with Crippen molar-refractivity contribution in [3.8, 4) is 0 Å². The standard InChI is InChI=1S/C16H23N5O3/c1-4-16(5-2)11(9-12(16)24-6-3)18-13-7-8-14-17-10-15(21(22)23)20(14)19-13/h7-8,10-12H,4-6,9H2,1-3H3,(H,18,19). The van der Waals surface area contributed by atoms with Crippen LogP contribution in [0.15, 0.2) is 18.3 Å². The van der Waals surface area contributed by atoms with E-state index in [9.17, 15) is 10.1 Å². The number of nitro groups is 1. The topological polar surface area (TPSA) is 94.6 Å². The molecule has 2 heterocycles. The van der Waals surface area contributed by atoms with Crippen LogP contribution >= 0.6 is 0 Å². The molecule has 8 heteroatoms. The zero-order valence-corrected chi connectivity index (χ0v) is 14.2. The summed E-state index contributed by atoms with van der Waals surface area (Å²) in [5, 5.41) is 18.8. The molecule has 2 aromatic heterocycles. The third-order valence-electron chi connectivity index (χ3n) is 5.32. The number of nitrogens with one attached hydrogen (secondary N) is 1. The Bertz CT molecular complexity index is 740. The summed E-state index contributed by atoms with van der Waals surface area (Å²) >= 11 is 0. The summed E-state index contributed by atoms with van der Waals surface area (Å²) in [6.07, 6.45) is 4.42. The van der Waals surface area contributed by atoms with Gasteiger partial charge in [0.1, 0.15) is 6.20 Å². The number of imidazole rings is 1. The van der Waals surface area contributed by atoms with Crippen LogP contribution in [0.25, 0.3) is 5.65 Å². The van der Waals surface area contributed by atoms with E-state index in [1.807, 2.05) is 13.0 Å². The van der Waals surface area contributed by atoms with Crippen molar-refractivity contribution in [3.63, 3.8) is 0 Å². The molecule has 2 atom stereocenters. The van der Waals surface area contributed by atoms with E-state index in [-0.39, 0.29) is 23.4 Å². The maximum absolute atomic E-state index is 11.1. The number of rotatable bonds is 7. The molecule has 2 unspecified atom stereocenters. The van der Waals surface area contributed by atoms with Crippen LogP contribution in [0.2, 0.25) is 0 Å². The highest BCUT2D eigenvalue weighted by atomic mass is 16.6.